The molecule has 0 aliphatic carbocycles. The number of hydrogen-bond donors (Lipinski definition) is 2. The zero-order valence-corrected chi connectivity index (χ0v) is 6.17. The lowest BCUT2D eigenvalue weighted by molar-refractivity contribution is 0.159. The summed E-state index contributed by atoms with van der Waals surface area (Å²) >= 11 is 0. The monoisotopic (exact) mass is 132 g/mol. The standard InChI is InChI=1S/C6H16N2O/c1-8(2)4-3-6(9)5-7/h6,9H,3-5,7H2,1-2H3/t6-/m1/s1. The highest BCUT2D eigenvalue weighted by Crippen LogP contribution is 1.88. The Morgan fingerprint density at radius 1 is 1.56 bits per heavy atom. The topological polar surface area (TPSA) is 49.5 Å². The number of rotatable bonds is 4. The zero-order valence-electron chi connectivity index (χ0n) is 6.17. The van der Waals surface area contributed by atoms with E-state index < -0.39 is 0 Å². The van der Waals surface area contributed by atoms with Crippen molar-refractivity contribution in [1.29, 1.82) is 0 Å². The third-order valence-electron chi connectivity index (χ3n) is 1.18. The molecule has 0 aliphatic heterocycles. The molecular weight excluding hydrogens is 116 g/mol. The molecule has 0 bridgehead atoms. The lowest BCUT2D eigenvalue weighted by Gasteiger charge is -2.11. The van der Waals surface area contributed by atoms with Gasteiger partial charge in [0.2, 0.25) is 0 Å². The molecule has 3 nitrogen and oxygen atoms in total. The van der Waals surface area contributed by atoms with E-state index in [0.29, 0.717) is 6.54 Å². The van der Waals surface area contributed by atoms with Gasteiger partial charge in [0.1, 0.15) is 0 Å². The van der Waals surface area contributed by atoms with Crippen LogP contribution in [0.3, 0.4) is 0 Å². The van der Waals surface area contributed by atoms with Crippen LogP contribution >= 0.6 is 0 Å². The quantitative estimate of drug-likeness (QED) is 0.529. The molecule has 56 valence electrons. The molecule has 0 aliphatic rings. The first-order valence-electron chi connectivity index (χ1n) is 3.19. The summed E-state index contributed by atoms with van der Waals surface area (Å²) in [5.74, 6) is 0. The van der Waals surface area contributed by atoms with Crippen LogP contribution in [-0.4, -0.2) is 43.3 Å². The van der Waals surface area contributed by atoms with Gasteiger partial charge in [0.25, 0.3) is 0 Å². The van der Waals surface area contributed by atoms with E-state index in [4.69, 9.17) is 10.8 Å². The minimum atomic E-state index is -0.326. The molecule has 3 N–H and O–H groups in total. The Balaban J connectivity index is 3.06. The number of aliphatic hydroxyl groups is 1. The first kappa shape index (κ1) is 8.88. The molecule has 0 radical (unpaired) electrons. The van der Waals surface area contributed by atoms with Gasteiger partial charge in [-0.15, -0.1) is 0 Å². The molecule has 0 amide bonds. The minimum absolute atomic E-state index is 0.326. The normalized spacial score (nSPS) is 14.3. The molecule has 0 unspecified atom stereocenters. The first-order chi connectivity index (χ1) is 4.16. The third-order valence-corrected chi connectivity index (χ3v) is 1.18. The molecule has 0 aromatic carbocycles. The number of aliphatic hydroxyl groups excluding tert-OH is 1. The summed E-state index contributed by atoms with van der Waals surface area (Å²) in [6.07, 6.45) is 0.441. The van der Waals surface area contributed by atoms with Crippen molar-refractivity contribution in [3.8, 4) is 0 Å². The van der Waals surface area contributed by atoms with E-state index in [9.17, 15) is 0 Å². The Bertz CT molecular complexity index is 66.1. The fourth-order valence-electron chi connectivity index (χ4n) is 0.525. The van der Waals surface area contributed by atoms with E-state index in [2.05, 4.69) is 0 Å². The highest BCUT2D eigenvalue weighted by Gasteiger charge is 1.99. The summed E-state index contributed by atoms with van der Waals surface area (Å²) < 4.78 is 0. The molecule has 0 rings (SSSR count). The van der Waals surface area contributed by atoms with E-state index >= 15 is 0 Å². The van der Waals surface area contributed by atoms with Crippen LogP contribution in [0.25, 0.3) is 0 Å². The molecule has 1 atom stereocenters. The van der Waals surface area contributed by atoms with Crippen LogP contribution in [0.15, 0.2) is 0 Å². The second-order valence-corrected chi connectivity index (χ2v) is 2.48. The maximum atomic E-state index is 8.96. The zero-order chi connectivity index (χ0) is 7.28. The molecule has 0 aromatic rings. The maximum Gasteiger partial charge on any atom is 0.0674 e. The summed E-state index contributed by atoms with van der Waals surface area (Å²) in [5.41, 5.74) is 5.19. The fraction of sp³-hybridized carbons (Fsp3) is 1.00. The Kier molecular flexibility index (Phi) is 4.67. The van der Waals surface area contributed by atoms with Crippen LogP contribution < -0.4 is 5.73 Å². The van der Waals surface area contributed by atoms with Crippen molar-refractivity contribution >= 4 is 0 Å². The average Bonchev–Trinajstić information content (AvgIpc) is 1.83. The Hall–Kier alpha value is -0.120. The molecule has 9 heavy (non-hydrogen) atoms. The number of nitrogens with two attached hydrogens (primary N) is 1. The lowest BCUT2D eigenvalue weighted by Crippen LogP contribution is -2.25. The highest BCUT2D eigenvalue weighted by molar-refractivity contribution is 4.56. The molecule has 0 fully saturated rings. The van der Waals surface area contributed by atoms with Gasteiger partial charge >= 0.3 is 0 Å². The molecule has 3 heteroatoms. The van der Waals surface area contributed by atoms with Crippen LogP contribution in [0.4, 0.5) is 0 Å². The van der Waals surface area contributed by atoms with Crippen molar-refractivity contribution in [2.24, 2.45) is 5.73 Å². The molecule has 0 heterocycles. The SMILES string of the molecule is CN(C)CC[C@@H](O)CN. The number of nitrogens with zero attached hydrogens (tertiary/aromatic N) is 1. The van der Waals surface area contributed by atoms with Crippen molar-refractivity contribution in [3.63, 3.8) is 0 Å². The third kappa shape index (κ3) is 5.76. The van der Waals surface area contributed by atoms with Gasteiger partial charge in [-0.25, -0.2) is 0 Å². The highest BCUT2D eigenvalue weighted by atomic mass is 16.3. The predicted molar refractivity (Wildman–Crippen MR) is 38.2 cm³/mol. The summed E-state index contributed by atoms with van der Waals surface area (Å²) in [6.45, 7) is 1.27. The Labute approximate surface area is 56.5 Å². The van der Waals surface area contributed by atoms with Crippen LogP contribution in [0.5, 0.6) is 0 Å². The first-order valence-corrected chi connectivity index (χ1v) is 3.19. The molecule has 0 saturated heterocycles. The smallest absolute Gasteiger partial charge is 0.0674 e. The summed E-state index contributed by atoms with van der Waals surface area (Å²) in [6, 6.07) is 0. The van der Waals surface area contributed by atoms with Crippen LogP contribution in [-0.2, 0) is 0 Å². The van der Waals surface area contributed by atoms with Gasteiger partial charge < -0.3 is 15.7 Å². The van der Waals surface area contributed by atoms with E-state index in [-0.39, 0.29) is 6.10 Å². The number of hydrogen-bond acceptors (Lipinski definition) is 3. The van der Waals surface area contributed by atoms with E-state index in [1.54, 1.807) is 0 Å². The molecule has 0 saturated carbocycles. The van der Waals surface area contributed by atoms with Crippen molar-refractivity contribution in [2.75, 3.05) is 27.2 Å². The summed E-state index contributed by atoms with van der Waals surface area (Å²) in [7, 11) is 3.95. The van der Waals surface area contributed by atoms with E-state index in [0.717, 1.165) is 13.0 Å². The molecule has 0 aromatic heterocycles. The molecule has 0 spiro atoms. The van der Waals surface area contributed by atoms with Gasteiger partial charge in [-0.3, -0.25) is 0 Å². The van der Waals surface area contributed by atoms with Crippen molar-refractivity contribution < 1.29 is 5.11 Å². The second-order valence-electron chi connectivity index (χ2n) is 2.48. The largest absolute Gasteiger partial charge is 0.392 e. The van der Waals surface area contributed by atoms with Gasteiger partial charge in [0, 0.05) is 13.1 Å². The van der Waals surface area contributed by atoms with Crippen molar-refractivity contribution in [2.45, 2.75) is 12.5 Å². The van der Waals surface area contributed by atoms with E-state index in [1.807, 2.05) is 19.0 Å². The molecular formula is C6H16N2O. The van der Waals surface area contributed by atoms with Crippen LogP contribution in [0.2, 0.25) is 0 Å². The summed E-state index contributed by atoms with van der Waals surface area (Å²) in [5, 5.41) is 8.96. The average molecular weight is 132 g/mol. The minimum Gasteiger partial charge on any atom is -0.392 e. The Morgan fingerprint density at radius 2 is 2.11 bits per heavy atom. The van der Waals surface area contributed by atoms with E-state index in [1.165, 1.54) is 0 Å². The van der Waals surface area contributed by atoms with Crippen LogP contribution in [0.1, 0.15) is 6.42 Å². The maximum absolute atomic E-state index is 8.96. The van der Waals surface area contributed by atoms with Crippen LogP contribution in [0, 0.1) is 0 Å². The van der Waals surface area contributed by atoms with Gasteiger partial charge in [-0.2, -0.15) is 0 Å². The second kappa shape index (κ2) is 4.73. The van der Waals surface area contributed by atoms with Crippen molar-refractivity contribution in [1.82, 2.24) is 4.90 Å². The predicted octanol–water partition coefficient (Wildman–Crippen LogP) is -0.742. The Morgan fingerprint density at radius 3 is 2.44 bits per heavy atom. The lowest BCUT2D eigenvalue weighted by atomic mass is 10.2. The van der Waals surface area contributed by atoms with Gasteiger partial charge in [-0.1, -0.05) is 0 Å². The van der Waals surface area contributed by atoms with Gasteiger partial charge in [0.15, 0.2) is 0 Å². The fourth-order valence-corrected chi connectivity index (χ4v) is 0.525. The van der Waals surface area contributed by atoms with Gasteiger partial charge in [-0.05, 0) is 20.5 Å². The van der Waals surface area contributed by atoms with Gasteiger partial charge in [0.05, 0.1) is 6.10 Å². The van der Waals surface area contributed by atoms with Crippen molar-refractivity contribution in [3.05, 3.63) is 0 Å². The summed E-state index contributed by atoms with van der Waals surface area (Å²) in [4.78, 5) is 2.03.